The smallest absolute Gasteiger partial charge is 0.232 e. The molecule has 0 aliphatic heterocycles. The molecule has 0 atom stereocenters. The molecular weight excluding hydrogens is 222 g/mol. The van der Waals surface area contributed by atoms with E-state index in [1.165, 1.54) is 0 Å². The first kappa shape index (κ1) is 11.0. The average Bonchev–Trinajstić information content (AvgIpc) is 3.00. The third-order valence-electron chi connectivity index (χ3n) is 2.45. The minimum atomic E-state index is -3.21. The summed E-state index contributed by atoms with van der Waals surface area (Å²) in [5, 5.41) is 0. The molecule has 1 N–H and O–H groups in total. The van der Waals surface area contributed by atoms with Gasteiger partial charge in [-0.25, -0.2) is 8.42 Å². The Morgan fingerprint density at radius 2 is 2.19 bits per heavy atom. The molecular formula is C12H13NO2S. The van der Waals surface area contributed by atoms with Crippen LogP contribution in [0.25, 0.3) is 0 Å². The Morgan fingerprint density at radius 1 is 1.44 bits per heavy atom. The molecule has 1 aromatic carbocycles. The Kier molecular flexibility index (Phi) is 2.88. The van der Waals surface area contributed by atoms with Crippen molar-refractivity contribution in [1.29, 1.82) is 0 Å². The highest BCUT2D eigenvalue weighted by Gasteiger charge is 2.27. The Hall–Kier alpha value is -1.47. The second kappa shape index (κ2) is 4.18. The monoisotopic (exact) mass is 235 g/mol. The van der Waals surface area contributed by atoms with Crippen molar-refractivity contribution >= 4 is 15.7 Å². The summed E-state index contributed by atoms with van der Waals surface area (Å²) in [5.41, 5.74) is 1.21. The highest BCUT2D eigenvalue weighted by molar-refractivity contribution is 7.92. The van der Waals surface area contributed by atoms with Crippen LogP contribution in [0.3, 0.4) is 0 Å². The van der Waals surface area contributed by atoms with E-state index in [4.69, 9.17) is 6.42 Å². The van der Waals surface area contributed by atoms with Crippen molar-refractivity contribution in [2.45, 2.75) is 12.8 Å². The van der Waals surface area contributed by atoms with E-state index in [1.54, 1.807) is 24.3 Å². The molecule has 0 amide bonds. The third-order valence-corrected chi connectivity index (χ3v) is 3.91. The quantitative estimate of drug-likeness (QED) is 0.809. The van der Waals surface area contributed by atoms with Crippen molar-refractivity contribution in [1.82, 2.24) is 0 Å². The van der Waals surface area contributed by atoms with Crippen molar-refractivity contribution < 1.29 is 8.42 Å². The molecule has 0 bridgehead atoms. The van der Waals surface area contributed by atoms with E-state index in [-0.39, 0.29) is 5.75 Å². The van der Waals surface area contributed by atoms with Gasteiger partial charge in [-0.05, 0) is 37.0 Å². The molecule has 1 fully saturated rings. The summed E-state index contributed by atoms with van der Waals surface area (Å²) >= 11 is 0. The van der Waals surface area contributed by atoms with Crippen LogP contribution in [0, 0.1) is 18.3 Å². The lowest BCUT2D eigenvalue weighted by atomic mass is 10.2. The van der Waals surface area contributed by atoms with Gasteiger partial charge in [0.05, 0.1) is 5.75 Å². The zero-order chi connectivity index (χ0) is 11.6. The van der Waals surface area contributed by atoms with Crippen LogP contribution >= 0.6 is 0 Å². The maximum absolute atomic E-state index is 11.7. The number of sulfonamides is 1. The lowest BCUT2D eigenvalue weighted by molar-refractivity contribution is 0.597. The highest BCUT2D eigenvalue weighted by Crippen LogP contribution is 2.30. The van der Waals surface area contributed by atoms with E-state index < -0.39 is 10.0 Å². The lowest BCUT2D eigenvalue weighted by Gasteiger charge is -2.07. The van der Waals surface area contributed by atoms with Crippen molar-refractivity contribution in [2.75, 3.05) is 10.5 Å². The number of nitrogens with one attached hydrogen (secondary N) is 1. The molecule has 0 spiro atoms. The Bertz CT molecular complexity index is 524. The van der Waals surface area contributed by atoms with Crippen molar-refractivity contribution in [3.05, 3.63) is 29.8 Å². The number of anilines is 1. The number of terminal acetylenes is 1. The number of benzene rings is 1. The van der Waals surface area contributed by atoms with Crippen LogP contribution in [0.1, 0.15) is 18.4 Å². The van der Waals surface area contributed by atoms with Gasteiger partial charge in [0.25, 0.3) is 0 Å². The Labute approximate surface area is 95.9 Å². The minimum absolute atomic E-state index is 0.216. The van der Waals surface area contributed by atoms with Crippen molar-refractivity contribution in [2.24, 2.45) is 5.92 Å². The molecule has 1 aliphatic carbocycles. The molecule has 1 aromatic rings. The lowest BCUT2D eigenvalue weighted by Crippen LogP contribution is -2.17. The normalized spacial score (nSPS) is 15.4. The standard InChI is InChI=1S/C12H13NO2S/c1-2-10-4-3-5-12(8-10)13-16(14,15)9-11-6-7-11/h1,3-5,8,11,13H,6-7,9H2. The van der Waals surface area contributed by atoms with E-state index in [9.17, 15) is 8.42 Å². The molecule has 3 nitrogen and oxygen atoms in total. The summed E-state index contributed by atoms with van der Waals surface area (Å²) < 4.78 is 25.9. The van der Waals surface area contributed by atoms with Gasteiger partial charge in [-0.3, -0.25) is 4.72 Å². The van der Waals surface area contributed by atoms with Gasteiger partial charge >= 0.3 is 0 Å². The van der Waals surface area contributed by atoms with Crippen LogP contribution in [0.2, 0.25) is 0 Å². The maximum Gasteiger partial charge on any atom is 0.232 e. The summed E-state index contributed by atoms with van der Waals surface area (Å²) in [4.78, 5) is 0. The van der Waals surface area contributed by atoms with E-state index in [0.717, 1.165) is 12.8 Å². The van der Waals surface area contributed by atoms with E-state index in [0.29, 0.717) is 17.2 Å². The molecule has 0 radical (unpaired) electrons. The van der Waals surface area contributed by atoms with Gasteiger partial charge < -0.3 is 0 Å². The van der Waals surface area contributed by atoms with Gasteiger partial charge in [-0.2, -0.15) is 0 Å². The first-order valence-electron chi connectivity index (χ1n) is 5.16. The van der Waals surface area contributed by atoms with E-state index >= 15 is 0 Å². The van der Waals surface area contributed by atoms with Crippen LogP contribution in [-0.2, 0) is 10.0 Å². The third kappa shape index (κ3) is 3.01. The zero-order valence-corrected chi connectivity index (χ0v) is 9.63. The second-order valence-electron chi connectivity index (χ2n) is 4.05. The summed E-state index contributed by atoms with van der Waals surface area (Å²) in [6, 6.07) is 6.86. The fourth-order valence-electron chi connectivity index (χ4n) is 1.49. The molecule has 0 saturated heterocycles. The second-order valence-corrected chi connectivity index (χ2v) is 5.82. The van der Waals surface area contributed by atoms with Gasteiger partial charge in [-0.1, -0.05) is 12.0 Å². The highest BCUT2D eigenvalue weighted by atomic mass is 32.2. The summed E-state index contributed by atoms with van der Waals surface area (Å²) in [6.07, 6.45) is 7.28. The van der Waals surface area contributed by atoms with Crippen molar-refractivity contribution in [3.63, 3.8) is 0 Å². The van der Waals surface area contributed by atoms with E-state index in [1.807, 2.05) is 0 Å². The van der Waals surface area contributed by atoms with Crippen LogP contribution < -0.4 is 4.72 Å². The molecule has 1 saturated carbocycles. The number of hydrogen-bond acceptors (Lipinski definition) is 2. The molecule has 16 heavy (non-hydrogen) atoms. The molecule has 4 heteroatoms. The average molecular weight is 235 g/mol. The molecule has 2 rings (SSSR count). The van der Waals surface area contributed by atoms with Gasteiger partial charge in [0.1, 0.15) is 0 Å². The SMILES string of the molecule is C#Cc1cccc(NS(=O)(=O)CC2CC2)c1. The molecule has 0 heterocycles. The van der Waals surface area contributed by atoms with Gasteiger partial charge in [0, 0.05) is 11.3 Å². The van der Waals surface area contributed by atoms with Gasteiger partial charge in [-0.15, -0.1) is 6.42 Å². The largest absolute Gasteiger partial charge is 0.284 e. The predicted molar refractivity (Wildman–Crippen MR) is 64.5 cm³/mol. The first-order valence-corrected chi connectivity index (χ1v) is 6.81. The van der Waals surface area contributed by atoms with Crippen LogP contribution in [0.5, 0.6) is 0 Å². The van der Waals surface area contributed by atoms with E-state index in [2.05, 4.69) is 10.6 Å². The minimum Gasteiger partial charge on any atom is -0.284 e. The topological polar surface area (TPSA) is 46.2 Å². The zero-order valence-electron chi connectivity index (χ0n) is 8.81. The number of rotatable bonds is 4. The van der Waals surface area contributed by atoms with Crippen molar-refractivity contribution in [3.8, 4) is 12.3 Å². The Balaban J connectivity index is 2.10. The van der Waals surface area contributed by atoms with Gasteiger partial charge in [0.2, 0.25) is 10.0 Å². The number of hydrogen-bond donors (Lipinski definition) is 1. The molecule has 1 aliphatic rings. The summed E-state index contributed by atoms with van der Waals surface area (Å²) in [6.45, 7) is 0. The predicted octanol–water partition coefficient (Wildman–Crippen LogP) is 1.82. The van der Waals surface area contributed by atoms with Crippen LogP contribution in [0.15, 0.2) is 24.3 Å². The Morgan fingerprint density at radius 3 is 2.81 bits per heavy atom. The van der Waals surface area contributed by atoms with Crippen LogP contribution in [0.4, 0.5) is 5.69 Å². The van der Waals surface area contributed by atoms with Gasteiger partial charge in [0.15, 0.2) is 0 Å². The molecule has 0 unspecified atom stereocenters. The molecule has 0 aromatic heterocycles. The fourth-order valence-corrected chi connectivity index (χ4v) is 3.01. The summed E-state index contributed by atoms with van der Waals surface area (Å²) in [5.74, 6) is 3.03. The summed E-state index contributed by atoms with van der Waals surface area (Å²) in [7, 11) is -3.21. The van der Waals surface area contributed by atoms with Crippen LogP contribution in [-0.4, -0.2) is 14.2 Å². The fraction of sp³-hybridized carbons (Fsp3) is 0.333. The molecule has 84 valence electrons. The maximum atomic E-state index is 11.7. The first-order chi connectivity index (χ1) is 7.59.